The number of imide groups is 1. The van der Waals surface area contributed by atoms with Crippen molar-refractivity contribution in [1.29, 1.82) is 0 Å². The molecule has 1 aromatic heterocycles. The number of methoxy groups -OCH3 is 1. The van der Waals surface area contributed by atoms with E-state index in [0.717, 1.165) is 42.9 Å². The van der Waals surface area contributed by atoms with Gasteiger partial charge in [0.2, 0.25) is 5.91 Å². The van der Waals surface area contributed by atoms with E-state index in [4.69, 9.17) is 10.5 Å². The highest BCUT2D eigenvalue weighted by molar-refractivity contribution is 8.00. The number of rotatable bonds is 8. The molecule has 10 heteroatoms. The number of nitrogens with two attached hydrogens (primary N) is 1. The lowest BCUT2D eigenvalue weighted by Crippen LogP contribution is -2.39. The minimum atomic E-state index is -0.857. The van der Waals surface area contributed by atoms with Crippen LogP contribution in [0.5, 0.6) is 5.75 Å². The van der Waals surface area contributed by atoms with Gasteiger partial charge in [0, 0.05) is 17.8 Å². The number of nitrogens with zero attached hydrogens (tertiary/aromatic N) is 3. The number of benzene rings is 1. The molecule has 0 bridgehead atoms. The highest BCUT2D eigenvalue weighted by Gasteiger charge is 2.26. The fraction of sp³-hybridized carbons (Fsp3) is 0.500. The first-order valence-electron chi connectivity index (χ1n) is 10.1. The first-order valence-corrected chi connectivity index (χ1v) is 10.9. The van der Waals surface area contributed by atoms with Crippen molar-refractivity contribution in [2.24, 2.45) is 5.73 Å². The van der Waals surface area contributed by atoms with Crippen molar-refractivity contribution in [1.82, 2.24) is 20.1 Å². The Morgan fingerprint density at radius 2 is 2.07 bits per heavy atom. The van der Waals surface area contributed by atoms with Crippen molar-refractivity contribution < 1.29 is 14.3 Å². The fourth-order valence-electron chi connectivity index (χ4n) is 3.56. The minimum Gasteiger partial charge on any atom is -0.497 e. The second-order valence-corrected chi connectivity index (χ2v) is 8.57. The number of aromatic nitrogens is 3. The molecule has 0 saturated heterocycles. The number of hydrogen-bond donors (Lipinski definition) is 3. The van der Waals surface area contributed by atoms with E-state index in [2.05, 4.69) is 25.4 Å². The van der Waals surface area contributed by atoms with Gasteiger partial charge in [-0.3, -0.25) is 10.1 Å². The van der Waals surface area contributed by atoms with Crippen molar-refractivity contribution in [3.05, 3.63) is 30.1 Å². The topological polar surface area (TPSA) is 124 Å². The molecule has 3 amide bonds. The van der Waals surface area contributed by atoms with Gasteiger partial charge >= 0.3 is 6.03 Å². The van der Waals surface area contributed by atoms with Gasteiger partial charge in [-0.1, -0.05) is 37.1 Å². The summed E-state index contributed by atoms with van der Waals surface area (Å²) in [6.07, 6.45) is 5.66. The largest absolute Gasteiger partial charge is 0.497 e. The van der Waals surface area contributed by atoms with Gasteiger partial charge in [-0.05, 0) is 31.9 Å². The van der Waals surface area contributed by atoms with Crippen LogP contribution in [-0.4, -0.2) is 39.1 Å². The van der Waals surface area contributed by atoms with Gasteiger partial charge in [-0.15, -0.1) is 10.2 Å². The molecule has 0 radical (unpaired) electrons. The molecular formula is C20H28N6O3S. The van der Waals surface area contributed by atoms with Crippen LogP contribution in [0.15, 0.2) is 29.4 Å². The predicted octanol–water partition coefficient (Wildman–Crippen LogP) is 3.08. The van der Waals surface area contributed by atoms with Crippen LogP contribution in [0.4, 0.5) is 10.5 Å². The third kappa shape index (κ3) is 5.65. The standard InChI is InChI=1S/C20H28N6O3S/c1-13(18(27)23-19(21)28)30-20-25-24-17(26(20)15-8-4-3-5-9-15)12-22-14-7-6-10-16(11-14)29-2/h6-7,10-11,13,15,22H,3-5,8-9,12H2,1-2H3,(H3,21,23,27,28)/t13-/m0/s1. The molecule has 9 nitrogen and oxygen atoms in total. The number of primary amides is 1. The maximum Gasteiger partial charge on any atom is 0.318 e. The van der Waals surface area contributed by atoms with Crippen LogP contribution in [0.3, 0.4) is 0 Å². The Bertz CT molecular complexity index is 881. The van der Waals surface area contributed by atoms with E-state index in [-0.39, 0.29) is 0 Å². The lowest BCUT2D eigenvalue weighted by molar-refractivity contribution is -0.119. The van der Waals surface area contributed by atoms with E-state index in [1.165, 1.54) is 18.2 Å². The molecule has 162 valence electrons. The predicted molar refractivity (Wildman–Crippen MR) is 116 cm³/mol. The first-order chi connectivity index (χ1) is 14.5. The molecule has 1 aliphatic rings. The molecule has 2 aromatic rings. The van der Waals surface area contributed by atoms with Gasteiger partial charge in [0.25, 0.3) is 0 Å². The molecule has 1 aliphatic carbocycles. The van der Waals surface area contributed by atoms with Crippen molar-refractivity contribution in [2.45, 2.75) is 62.0 Å². The third-order valence-corrected chi connectivity index (χ3v) is 6.15. The zero-order valence-electron chi connectivity index (χ0n) is 17.3. The zero-order chi connectivity index (χ0) is 21.5. The molecule has 1 fully saturated rings. The second-order valence-electron chi connectivity index (χ2n) is 7.26. The van der Waals surface area contributed by atoms with E-state index in [1.807, 2.05) is 24.3 Å². The van der Waals surface area contributed by atoms with Crippen LogP contribution in [0.2, 0.25) is 0 Å². The molecule has 1 heterocycles. The van der Waals surface area contributed by atoms with Crippen LogP contribution in [0, 0.1) is 0 Å². The Hall–Kier alpha value is -2.75. The third-order valence-electron chi connectivity index (χ3n) is 5.09. The quantitative estimate of drug-likeness (QED) is 0.548. The Kier molecular flexibility index (Phi) is 7.56. The molecule has 0 spiro atoms. The van der Waals surface area contributed by atoms with Gasteiger partial charge in [-0.2, -0.15) is 0 Å². The number of carbonyl (C=O) groups is 2. The van der Waals surface area contributed by atoms with Crippen molar-refractivity contribution in [3.63, 3.8) is 0 Å². The SMILES string of the molecule is COc1cccc(NCc2nnc(S[C@@H](C)C(=O)NC(N)=O)n2C2CCCCC2)c1. The Balaban J connectivity index is 1.78. The Morgan fingerprint density at radius 3 is 2.77 bits per heavy atom. The molecule has 1 aromatic carbocycles. The first kappa shape index (κ1) is 21.9. The summed E-state index contributed by atoms with van der Waals surface area (Å²) in [5.41, 5.74) is 5.99. The average Bonchev–Trinajstić information content (AvgIpc) is 3.14. The lowest BCUT2D eigenvalue weighted by Gasteiger charge is -2.26. The van der Waals surface area contributed by atoms with E-state index in [1.54, 1.807) is 14.0 Å². The maximum atomic E-state index is 12.1. The van der Waals surface area contributed by atoms with Crippen molar-refractivity contribution >= 4 is 29.4 Å². The Labute approximate surface area is 180 Å². The normalized spacial score (nSPS) is 15.4. The minimum absolute atomic E-state index is 0.296. The second kappa shape index (κ2) is 10.3. The summed E-state index contributed by atoms with van der Waals surface area (Å²) in [4.78, 5) is 23.1. The number of carbonyl (C=O) groups excluding carboxylic acids is 2. The summed E-state index contributed by atoms with van der Waals surface area (Å²) in [6.45, 7) is 2.22. The van der Waals surface area contributed by atoms with E-state index < -0.39 is 17.2 Å². The van der Waals surface area contributed by atoms with Gasteiger partial charge in [0.15, 0.2) is 11.0 Å². The molecule has 3 rings (SSSR count). The lowest BCUT2D eigenvalue weighted by atomic mass is 9.95. The highest BCUT2D eigenvalue weighted by Crippen LogP contribution is 2.34. The van der Waals surface area contributed by atoms with Crippen LogP contribution < -0.4 is 21.1 Å². The summed E-state index contributed by atoms with van der Waals surface area (Å²) in [7, 11) is 1.64. The number of anilines is 1. The molecule has 0 unspecified atom stereocenters. The highest BCUT2D eigenvalue weighted by atomic mass is 32.2. The number of hydrogen-bond acceptors (Lipinski definition) is 7. The smallest absolute Gasteiger partial charge is 0.318 e. The Morgan fingerprint density at radius 1 is 1.30 bits per heavy atom. The van der Waals surface area contributed by atoms with E-state index >= 15 is 0 Å². The molecule has 30 heavy (non-hydrogen) atoms. The van der Waals surface area contributed by atoms with Crippen LogP contribution in [-0.2, 0) is 11.3 Å². The molecule has 0 aliphatic heterocycles. The summed E-state index contributed by atoms with van der Waals surface area (Å²) in [6, 6.07) is 7.15. The summed E-state index contributed by atoms with van der Waals surface area (Å²) in [5, 5.41) is 14.4. The van der Waals surface area contributed by atoms with Gasteiger partial charge in [0.05, 0.1) is 18.9 Å². The number of amides is 3. The van der Waals surface area contributed by atoms with Crippen LogP contribution in [0.1, 0.15) is 50.9 Å². The van der Waals surface area contributed by atoms with E-state index in [0.29, 0.717) is 17.7 Å². The molecule has 1 atom stereocenters. The molecule has 1 saturated carbocycles. The van der Waals surface area contributed by atoms with Crippen LogP contribution >= 0.6 is 11.8 Å². The van der Waals surface area contributed by atoms with E-state index in [9.17, 15) is 9.59 Å². The van der Waals surface area contributed by atoms with Gasteiger partial charge in [0.1, 0.15) is 5.75 Å². The van der Waals surface area contributed by atoms with Gasteiger partial charge < -0.3 is 20.4 Å². The van der Waals surface area contributed by atoms with Gasteiger partial charge in [-0.25, -0.2) is 4.79 Å². The maximum absolute atomic E-state index is 12.1. The number of ether oxygens (including phenoxy) is 1. The molecular weight excluding hydrogens is 404 g/mol. The monoisotopic (exact) mass is 432 g/mol. The zero-order valence-corrected chi connectivity index (χ0v) is 18.1. The fourth-order valence-corrected chi connectivity index (χ4v) is 4.50. The number of nitrogens with one attached hydrogen (secondary N) is 2. The van der Waals surface area contributed by atoms with Crippen molar-refractivity contribution in [3.8, 4) is 5.75 Å². The summed E-state index contributed by atoms with van der Waals surface area (Å²) >= 11 is 1.28. The molecule has 4 N–H and O–H groups in total. The van der Waals surface area contributed by atoms with Crippen molar-refractivity contribution in [2.75, 3.05) is 12.4 Å². The average molecular weight is 433 g/mol. The summed E-state index contributed by atoms with van der Waals surface area (Å²) in [5.74, 6) is 1.15. The number of urea groups is 1. The summed E-state index contributed by atoms with van der Waals surface area (Å²) < 4.78 is 7.42. The number of thioether (sulfide) groups is 1. The van der Waals surface area contributed by atoms with Crippen LogP contribution in [0.25, 0.3) is 0 Å².